The standard InChI is InChI=1S/C7H13NO3.ClH/c1-2-5-3-11-4-6(8-5)7(9)10;/h5-6,8H,2-4H2,1H3,(H,9,10);1H/t5-,6-;/m1./s1. The smallest absolute Gasteiger partial charge is 0.323 e. The first-order valence-corrected chi connectivity index (χ1v) is 3.80. The number of hydrogen-bond acceptors (Lipinski definition) is 3. The summed E-state index contributed by atoms with van der Waals surface area (Å²) in [7, 11) is 0. The molecule has 0 spiro atoms. The van der Waals surface area contributed by atoms with E-state index >= 15 is 0 Å². The fourth-order valence-electron chi connectivity index (χ4n) is 1.09. The van der Waals surface area contributed by atoms with Gasteiger partial charge in [0.15, 0.2) is 0 Å². The highest BCUT2D eigenvalue weighted by atomic mass is 35.5. The fourth-order valence-corrected chi connectivity index (χ4v) is 1.09. The number of halogens is 1. The van der Waals surface area contributed by atoms with Gasteiger partial charge in [0, 0.05) is 6.04 Å². The Bertz CT molecular complexity index is 154. The summed E-state index contributed by atoms with van der Waals surface area (Å²) >= 11 is 0. The summed E-state index contributed by atoms with van der Waals surface area (Å²) in [6, 6.07) is -0.321. The van der Waals surface area contributed by atoms with Crippen LogP contribution in [0.2, 0.25) is 0 Å². The van der Waals surface area contributed by atoms with E-state index in [0.29, 0.717) is 6.61 Å². The number of hydrogen-bond donors (Lipinski definition) is 2. The van der Waals surface area contributed by atoms with Crippen LogP contribution in [0.25, 0.3) is 0 Å². The lowest BCUT2D eigenvalue weighted by Gasteiger charge is -2.27. The third-order valence-corrected chi connectivity index (χ3v) is 1.83. The Hall–Kier alpha value is -0.320. The molecule has 1 heterocycles. The van der Waals surface area contributed by atoms with Gasteiger partial charge in [0.1, 0.15) is 6.04 Å². The van der Waals surface area contributed by atoms with Gasteiger partial charge < -0.3 is 9.84 Å². The predicted octanol–water partition coefficient (Wildman–Crippen LogP) is 0.260. The predicted molar refractivity (Wildman–Crippen MR) is 46.7 cm³/mol. The molecule has 1 aliphatic heterocycles. The Morgan fingerprint density at radius 1 is 1.67 bits per heavy atom. The number of morpholine rings is 1. The van der Waals surface area contributed by atoms with E-state index < -0.39 is 12.0 Å². The monoisotopic (exact) mass is 195 g/mol. The van der Waals surface area contributed by atoms with Crippen LogP contribution < -0.4 is 5.32 Å². The second kappa shape index (κ2) is 5.35. The van der Waals surface area contributed by atoms with Crippen LogP contribution in [0.1, 0.15) is 13.3 Å². The Labute approximate surface area is 77.7 Å². The van der Waals surface area contributed by atoms with Gasteiger partial charge in [0.05, 0.1) is 13.2 Å². The second-order valence-corrected chi connectivity index (χ2v) is 2.70. The van der Waals surface area contributed by atoms with Gasteiger partial charge >= 0.3 is 5.97 Å². The molecule has 1 fully saturated rings. The molecule has 0 radical (unpaired) electrons. The molecular weight excluding hydrogens is 182 g/mol. The molecule has 4 nitrogen and oxygen atoms in total. The quantitative estimate of drug-likeness (QED) is 0.664. The zero-order valence-corrected chi connectivity index (χ0v) is 7.76. The summed E-state index contributed by atoms with van der Waals surface area (Å²) in [5.41, 5.74) is 0. The van der Waals surface area contributed by atoms with Crippen LogP contribution in [0.15, 0.2) is 0 Å². The van der Waals surface area contributed by atoms with Crippen LogP contribution in [0.5, 0.6) is 0 Å². The van der Waals surface area contributed by atoms with E-state index in [1.54, 1.807) is 0 Å². The largest absolute Gasteiger partial charge is 0.480 e. The van der Waals surface area contributed by atoms with E-state index in [9.17, 15) is 4.79 Å². The third kappa shape index (κ3) is 2.97. The lowest BCUT2D eigenvalue weighted by Crippen LogP contribution is -2.52. The van der Waals surface area contributed by atoms with Crippen LogP contribution in [0, 0.1) is 0 Å². The first-order chi connectivity index (χ1) is 5.24. The van der Waals surface area contributed by atoms with Crippen molar-refractivity contribution in [1.82, 2.24) is 5.32 Å². The number of aliphatic carboxylic acids is 1. The average Bonchev–Trinajstić information content (AvgIpc) is 2.05. The Morgan fingerprint density at radius 3 is 2.83 bits per heavy atom. The number of nitrogens with one attached hydrogen (secondary N) is 1. The van der Waals surface area contributed by atoms with Crippen LogP contribution in [0.3, 0.4) is 0 Å². The average molecular weight is 196 g/mol. The Kier molecular flexibility index (Phi) is 5.20. The van der Waals surface area contributed by atoms with Crippen molar-refractivity contribution < 1.29 is 14.6 Å². The molecule has 72 valence electrons. The highest BCUT2D eigenvalue weighted by molar-refractivity contribution is 5.85. The van der Waals surface area contributed by atoms with E-state index in [-0.39, 0.29) is 25.1 Å². The van der Waals surface area contributed by atoms with Crippen molar-refractivity contribution in [1.29, 1.82) is 0 Å². The van der Waals surface area contributed by atoms with Crippen LogP contribution in [-0.2, 0) is 9.53 Å². The molecule has 1 saturated heterocycles. The first kappa shape index (κ1) is 11.7. The van der Waals surface area contributed by atoms with Gasteiger partial charge in [-0.15, -0.1) is 12.4 Å². The van der Waals surface area contributed by atoms with Gasteiger partial charge in [0.2, 0.25) is 0 Å². The number of carboxylic acid groups (broad SMARTS) is 1. The van der Waals surface area contributed by atoms with Crippen molar-refractivity contribution in [3.63, 3.8) is 0 Å². The van der Waals surface area contributed by atoms with E-state index in [4.69, 9.17) is 9.84 Å². The van der Waals surface area contributed by atoms with Gasteiger partial charge in [-0.2, -0.15) is 0 Å². The molecule has 0 aromatic rings. The summed E-state index contributed by atoms with van der Waals surface area (Å²) in [5, 5.41) is 11.6. The van der Waals surface area contributed by atoms with Crippen molar-refractivity contribution in [3.05, 3.63) is 0 Å². The summed E-state index contributed by atoms with van der Waals surface area (Å²) in [4.78, 5) is 10.5. The summed E-state index contributed by atoms with van der Waals surface area (Å²) in [6.45, 7) is 2.91. The highest BCUT2D eigenvalue weighted by Crippen LogP contribution is 2.02. The molecule has 0 aliphatic carbocycles. The molecule has 5 heteroatoms. The Balaban J connectivity index is 0.00000121. The minimum absolute atomic E-state index is 0. The SMILES string of the molecule is CC[C@@H]1COC[C@H](C(=O)O)N1.Cl. The highest BCUT2D eigenvalue weighted by Gasteiger charge is 2.25. The lowest BCUT2D eigenvalue weighted by molar-refractivity contribution is -0.143. The molecule has 0 aromatic heterocycles. The number of carboxylic acids is 1. The van der Waals surface area contributed by atoms with E-state index in [1.807, 2.05) is 6.92 Å². The Morgan fingerprint density at radius 2 is 2.33 bits per heavy atom. The van der Waals surface area contributed by atoms with E-state index in [0.717, 1.165) is 6.42 Å². The molecule has 1 aliphatic rings. The zero-order valence-electron chi connectivity index (χ0n) is 6.95. The minimum atomic E-state index is -0.830. The van der Waals surface area contributed by atoms with E-state index in [2.05, 4.69) is 5.32 Å². The molecule has 0 amide bonds. The van der Waals surface area contributed by atoms with Crippen molar-refractivity contribution in [2.24, 2.45) is 0 Å². The van der Waals surface area contributed by atoms with Crippen LogP contribution in [0.4, 0.5) is 0 Å². The summed E-state index contributed by atoms with van der Waals surface area (Å²) in [5.74, 6) is -0.830. The first-order valence-electron chi connectivity index (χ1n) is 3.80. The molecular formula is C7H14ClNO3. The summed E-state index contributed by atoms with van der Waals surface area (Å²) < 4.78 is 5.10. The maximum absolute atomic E-state index is 10.5. The number of ether oxygens (including phenoxy) is 1. The molecule has 0 aromatic carbocycles. The molecule has 0 bridgehead atoms. The molecule has 0 unspecified atom stereocenters. The van der Waals surface area contributed by atoms with Crippen LogP contribution >= 0.6 is 12.4 Å². The molecule has 12 heavy (non-hydrogen) atoms. The number of rotatable bonds is 2. The molecule has 1 rings (SSSR count). The molecule has 2 N–H and O–H groups in total. The van der Waals surface area contributed by atoms with Crippen molar-refractivity contribution in [2.45, 2.75) is 25.4 Å². The van der Waals surface area contributed by atoms with Gasteiger partial charge in [-0.1, -0.05) is 6.92 Å². The van der Waals surface area contributed by atoms with Crippen LogP contribution in [-0.4, -0.2) is 36.4 Å². The zero-order chi connectivity index (χ0) is 8.27. The van der Waals surface area contributed by atoms with Crippen molar-refractivity contribution in [2.75, 3.05) is 13.2 Å². The van der Waals surface area contributed by atoms with E-state index in [1.165, 1.54) is 0 Å². The normalized spacial score (nSPS) is 29.1. The molecule has 2 atom stereocenters. The van der Waals surface area contributed by atoms with Gasteiger partial charge in [-0.3, -0.25) is 10.1 Å². The fraction of sp³-hybridized carbons (Fsp3) is 0.857. The second-order valence-electron chi connectivity index (χ2n) is 2.70. The van der Waals surface area contributed by atoms with Gasteiger partial charge in [0.25, 0.3) is 0 Å². The molecule has 0 saturated carbocycles. The van der Waals surface area contributed by atoms with Gasteiger partial charge in [-0.25, -0.2) is 0 Å². The topological polar surface area (TPSA) is 58.6 Å². The summed E-state index contributed by atoms with van der Waals surface area (Å²) in [6.07, 6.45) is 0.907. The minimum Gasteiger partial charge on any atom is -0.480 e. The lowest BCUT2D eigenvalue weighted by atomic mass is 10.1. The van der Waals surface area contributed by atoms with Gasteiger partial charge in [-0.05, 0) is 6.42 Å². The van der Waals surface area contributed by atoms with Crippen molar-refractivity contribution >= 4 is 18.4 Å². The maximum Gasteiger partial charge on any atom is 0.323 e. The third-order valence-electron chi connectivity index (χ3n) is 1.83. The number of carbonyl (C=O) groups is 1. The van der Waals surface area contributed by atoms with Crippen molar-refractivity contribution in [3.8, 4) is 0 Å². The maximum atomic E-state index is 10.5.